The second-order valence-electron chi connectivity index (χ2n) is 8.94. The summed E-state index contributed by atoms with van der Waals surface area (Å²) < 4.78 is 17.0. The maximum absolute atomic E-state index is 12.9. The number of nitro groups is 1. The van der Waals surface area contributed by atoms with Crippen LogP contribution in [0.2, 0.25) is 0 Å². The van der Waals surface area contributed by atoms with Crippen LogP contribution in [0.4, 0.5) is 5.69 Å². The number of fused-ring (bicyclic) bond motifs is 1. The number of rotatable bonds is 7. The second kappa shape index (κ2) is 8.20. The van der Waals surface area contributed by atoms with Crippen molar-refractivity contribution in [3.63, 3.8) is 0 Å². The maximum Gasteiger partial charge on any atom is 0.339 e. The fraction of sp³-hybridized carbons (Fsp3) is 0.480. The first-order valence-electron chi connectivity index (χ1n) is 11.3. The molecule has 5 rings (SSSR count). The van der Waals surface area contributed by atoms with E-state index < -0.39 is 12.1 Å². The van der Waals surface area contributed by atoms with Gasteiger partial charge in [-0.3, -0.25) is 10.1 Å². The Kier molecular flexibility index (Phi) is 5.37. The van der Waals surface area contributed by atoms with E-state index >= 15 is 0 Å². The lowest BCUT2D eigenvalue weighted by Gasteiger charge is -2.25. The van der Waals surface area contributed by atoms with E-state index in [9.17, 15) is 14.9 Å². The summed E-state index contributed by atoms with van der Waals surface area (Å²) in [6, 6.07) is 7.77. The molecule has 1 aliphatic heterocycles. The number of methoxy groups -OCH3 is 1. The molecule has 2 fully saturated rings. The van der Waals surface area contributed by atoms with Crippen molar-refractivity contribution in [1.82, 2.24) is 0 Å². The van der Waals surface area contributed by atoms with Crippen LogP contribution in [0.5, 0.6) is 5.75 Å². The van der Waals surface area contributed by atoms with E-state index in [0.717, 1.165) is 66.5 Å². The molecule has 1 unspecified atom stereocenters. The Hall–Kier alpha value is -2.93. The van der Waals surface area contributed by atoms with Gasteiger partial charge in [0, 0.05) is 17.2 Å². The molecule has 0 bridgehead atoms. The van der Waals surface area contributed by atoms with Crippen LogP contribution >= 0.6 is 0 Å². The van der Waals surface area contributed by atoms with Crippen LogP contribution in [0.1, 0.15) is 66.4 Å². The molecule has 3 aliphatic rings. The molecule has 2 aromatic rings. The Balaban J connectivity index is 1.76. The van der Waals surface area contributed by atoms with E-state index in [1.54, 1.807) is 13.0 Å². The van der Waals surface area contributed by atoms with Crippen LogP contribution in [-0.4, -0.2) is 30.7 Å². The standard InChI is InChI=1S/C25H27NO6/c1-14-20(26(28)29)13-19(15-5-6-15)23(17-7-10-21-16(12-17)4-3-11-31-21)22(14)24(25(27)30-2)32-18-8-9-18/h7,10,12-13,15,18,24H,3-6,8-9,11H2,1-2H3. The first kappa shape index (κ1) is 20.9. The zero-order valence-corrected chi connectivity index (χ0v) is 18.4. The highest BCUT2D eigenvalue weighted by Gasteiger charge is 2.39. The van der Waals surface area contributed by atoms with Gasteiger partial charge in [-0.25, -0.2) is 4.79 Å². The second-order valence-corrected chi connectivity index (χ2v) is 8.94. The van der Waals surface area contributed by atoms with Crippen LogP contribution in [0.3, 0.4) is 0 Å². The van der Waals surface area contributed by atoms with Crippen LogP contribution in [0, 0.1) is 17.0 Å². The number of hydrogen-bond acceptors (Lipinski definition) is 6. The van der Waals surface area contributed by atoms with Crippen molar-refractivity contribution in [2.24, 2.45) is 0 Å². The van der Waals surface area contributed by atoms with E-state index in [4.69, 9.17) is 14.2 Å². The minimum Gasteiger partial charge on any atom is -0.493 e. The van der Waals surface area contributed by atoms with E-state index in [2.05, 4.69) is 6.07 Å². The Labute approximate surface area is 186 Å². The molecule has 1 heterocycles. The molecule has 0 radical (unpaired) electrons. The number of nitrogens with zero attached hydrogens (tertiary/aromatic N) is 1. The average molecular weight is 437 g/mol. The van der Waals surface area contributed by atoms with Crippen molar-refractivity contribution in [1.29, 1.82) is 0 Å². The summed E-state index contributed by atoms with van der Waals surface area (Å²) in [5.41, 5.74) is 4.91. The molecule has 0 amide bonds. The van der Waals surface area contributed by atoms with Crippen molar-refractivity contribution in [3.05, 3.63) is 56.6 Å². The lowest BCUT2D eigenvalue weighted by molar-refractivity contribution is -0.385. The molecule has 168 valence electrons. The molecular weight excluding hydrogens is 410 g/mol. The third-order valence-corrected chi connectivity index (χ3v) is 6.58. The van der Waals surface area contributed by atoms with E-state index in [-0.39, 0.29) is 22.6 Å². The van der Waals surface area contributed by atoms with Crippen LogP contribution in [0.25, 0.3) is 11.1 Å². The minimum absolute atomic E-state index is 0.0214. The van der Waals surface area contributed by atoms with Gasteiger partial charge in [-0.1, -0.05) is 6.07 Å². The van der Waals surface area contributed by atoms with Crippen molar-refractivity contribution in [3.8, 4) is 16.9 Å². The Morgan fingerprint density at radius 2 is 2.00 bits per heavy atom. The van der Waals surface area contributed by atoms with Gasteiger partial charge in [0.15, 0.2) is 6.10 Å². The monoisotopic (exact) mass is 437 g/mol. The molecule has 1 atom stereocenters. The first-order chi connectivity index (χ1) is 15.5. The highest BCUT2D eigenvalue weighted by Crippen LogP contribution is 2.51. The SMILES string of the molecule is COC(=O)C(OC1CC1)c1c(C)c([N+](=O)[O-])cc(C2CC2)c1-c1ccc2c(c1)CCCO2. The molecule has 32 heavy (non-hydrogen) atoms. The quantitative estimate of drug-likeness (QED) is 0.337. The first-order valence-corrected chi connectivity index (χ1v) is 11.3. The number of esters is 1. The van der Waals surface area contributed by atoms with Crippen molar-refractivity contribution in [2.45, 2.75) is 63.6 Å². The predicted molar refractivity (Wildman–Crippen MR) is 118 cm³/mol. The van der Waals surface area contributed by atoms with E-state index in [0.29, 0.717) is 17.7 Å². The van der Waals surface area contributed by atoms with Gasteiger partial charge >= 0.3 is 5.97 Å². The van der Waals surface area contributed by atoms with Gasteiger partial charge in [-0.2, -0.15) is 0 Å². The molecule has 7 heteroatoms. The fourth-order valence-electron chi connectivity index (χ4n) is 4.63. The average Bonchev–Trinajstić information content (AvgIpc) is 3.71. The minimum atomic E-state index is -0.993. The molecule has 2 aliphatic carbocycles. The van der Waals surface area contributed by atoms with Gasteiger partial charge in [0.25, 0.3) is 5.69 Å². The number of carbonyl (C=O) groups is 1. The largest absolute Gasteiger partial charge is 0.493 e. The summed E-state index contributed by atoms with van der Waals surface area (Å²) in [6.45, 7) is 2.42. The predicted octanol–water partition coefficient (Wildman–Crippen LogP) is 5.17. The van der Waals surface area contributed by atoms with Gasteiger partial charge in [-0.15, -0.1) is 0 Å². The molecular formula is C25H27NO6. The van der Waals surface area contributed by atoms with Crippen molar-refractivity contribution < 1.29 is 23.9 Å². The van der Waals surface area contributed by atoms with Crippen LogP contribution in [0.15, 0.2) is 24.3 Å². The van der Waals surface area contributed by atoms with Gasteiger partial charge in [-0.05, 0) is 85.8 Å². The Bertz CT molecular complexity index is 1090. The smallest absolute Gasteiger partial charge is 0.339 e. The van der Waals surface area contributed by atoms with Crippen molar-refractivity contribution in [2.75, 3.05) is 13.7 Å². The zero-order chi connectivity index (χ0) is 22.4. The van der Waals surface area contributed by atoms with Gasteiger partial charge in [0.05, 0.1) is 24.7 Å². The number of carbonyl (C=O) groups excluding carboxylic acids is 1. The molecule has 0 saturated heterocycles. The summed E-state index contributed by atoms with van der Waals surface area (Å²) in [7, 11) is 1.33. The molecule has 7 nitrogen and oxygen atoms in total. The topological polar surface area (TPSA) is 87.9 Å². The number of hydrogen-bond donors (Lipinski definition) is 0. The Morgan fingerprint density at radius 3 is 2.66 bits per heavy atom. The lowest BCUT2D eigenvalue weighted by Crippen LogP contribution is -2.21. The zero-order valence-electron chi connectivity index (χ0n) is 18.4. The van der Waals surface area contributed by atoms with Crippen LogP contribution < -0.4 is 4.74 Å². The number of benzene rings is 2. The molecule has 0 aromatic heterocycles. The summed E-state index contributed by atoms with van der Waals surface area (Å²) in [6.07, 6.45) is 4.57. The number of ether oxygens (including phenoxy) is 3. The lowest BCUT2D eigenvalue weighted by atomic mass is 9.84. The molecule has 0 spiro atoms. The van der Waals surface area contributed by atoms with Gasteiger partial charge in [0.2, 0.25) is 0 Å². The normalized spacial score (nSPS) is 18.4. The number of aryl methyl sites for hydroxylation is 1. The highest BCUT2D eigenvalue weighted by molar-refractivity contribution is 5.86. The summed E-state index contributed by atoms with van der Waals surface area (Å²) in [4.78, 5) is 24.5. The highest BCUT2D eigenvalue weighted by atomic mass is 16.6. The molecule has 2 saturated carbocycles. The van der Waals surface area contributed by atoms with Gasteiger partial charge < -0.3 is 14.2 Å². The van der Waals surface area contributed by atoms with Gasteiger partial charge in [0.1, 0.15) is 5.75 Å². The summed E-state index contributed by atoms with van der Waals surface area (Å²) >= 11 is 0. The van der Waals surface area contributed by atoms with Crippen LogP contribution in [-0.2, 0) is 20.7 Å². The fourth-order valence-corrected chi connectivity index (χ4v) is 4.63. The summed E-state index contributed by atoms with van der Waals surface area (Å²) in [5.74, 6) is 0.603. The summed E-state index contributed by atoms with van der Waals surface area (Å²) in [5, 5.41) is 11.9. The molecule has 2 aromatic carbocycles. The van der Waals surface area contributed by atoms with E-state index in [1.807, 2.05) is 12.1 Å². The third-order valence-electron chi connectivity index (χ3n) is 6.58. The van der Waals surface area contributed by atoms with E-state index in [1.165, 1.54) is 7.11 Å². The molecule has 0 N–H and O–H groups in total. The van der Waals surface area contributed by atoms with Crippen molar-refractivity contribution >= 4 is 11.7 Å². The third kappa shape index (κ3) is 3.86. The maximum atomic E-state index is 12.9. The Morgan fingerprint density at radius 1 is 1.22 bits per heavy atom. The number of nitro benzene ring substituents is 1.